The summed E-state index contributed by atoms with van der Waals surface area (Å²) in [5, 5.41) is 24.7. The van der Waals surface area contributed by atoms with E-state index in [4.69, 9.17) is 4.42 Å². The number of nitro benzene ring substituents is 1. The molecule has 2 aromatic carbocycles. The highest BCUT2D eigenvalue weighted by atomic mass is 16.6. The van der Waals surface area contributed by atoms with E-state index in [1.54, 1.807) is 19.1 Å². The van der Waals surface area contributed by atoms with Crippen molar-refractivity contribution in [1.29, 1.82) is 0 Å². The zero-order chi connectivity index (χ0) is 21.1. The molecule has 1 aliphatic rings. The van der Waals surface area contributed by atoms with Gasteiger partial charge in [-0.3, -0.25) is 10.1 Å². The molecule has 1 aromatic heterocycles. The van der Waals surface area contributed by atoms with Gasteiger partial charge in [-0.2, -0.15) is 0 Å². The highest BCUT2D eigenvalue weighted by Gasteiger charge is 2.28. The van der Waals surface area contributed by atoms with Crippen LogP contribution in [-0.2, 0) is 0 Å². The molecule has 2 N–H and O–H groups in total. The van der Waals surface area contributed by atoms with Crippen LogP contribution < -0.4 is 10.6 Å². The molecule has 2 heterocycles. The first-order chi connectivity index (χ1) is 14.5. The van der Waals surface area contributed by atoms with E-state index in [9.17, 15) is 14.9 Å². The number of nitrogens with one attached hydrogen (secondary N) is 2. The molecule has 4 rings (SSSR count). The van der Waals surface area contributed by atoms with Gasteiger partial charge in [0.15, 0.2) is 0 Å². The summed E-state index contributed by atoms with van der Waals surface area (Å²) < 4.78 is 5.80. The molecule has 2 amide bonds. The lowest BCUT2D eigenvalue weighted by molar-refractivity contribution is -0.384. The minimum Gasteiger partial charge on any atom is -0.416 e. The second-order valence-electron chi connectivity index (χ2n) is 6.60. The molecule has 0 bridgehead atoms. The van der Waals surface area contributed by atoms with Crippen molar-refractivity contribution >= 4 is 23.4 Å². The Morgan fingerprint density at radius 2 is 1.87 bits per heavy atom. The number of nitro groups is 1. The van der Waals surface area contributed by atoms with Crippen LogP contribution in [0.1, 0.15) is 18.4 Å². The first-order valence-electron chi connectivity index (χ1n) is 9.11. The van der Waals surface area contributed by atoms with E-state index in [0.29, 0.717) is 16.8 Å². The maximum atomic E-state index is 12.0. The van der Waals surface area contributed by atoms with Crippen molar-refractivity contribution in [1.82, 2.24) is 20.8 Å². The highest BCUT2D eigenvalue weighted by molar-refractivity contribution is 5.87. The summed E-state index contributed by atoms with van der Waals surface area (Å²) in [6.45, 7) is 1.74. The maximum Gasteiger partial charge on any atom is 0.319 e. The zero-order valence-corrected chi connectivity index (χ0v) is 15.9. The lowest BCUT2D eigenvalue weighted by Crippen LogP contribution is -2.46. The summed E-state index contributed by atoms with van der Waals surface area (Å²) in [6, 6.07) is 14.8. The van der Waals surface area contributed by atoms with Crippen molar-refractivity contribution in [3.63, 3.8) is 0 Å². The van der Waals surface area contributed by atoms with Crippen molar-refractivity contribution in [2.45, 2.75) is 13.0 Å². The van der Waals surface area contributed by atoms with Gasteiger partial charge in [-0.15, -0.1) is 10.2 Å². The van der Waals surface area contributed by atoms with Crippen LogP contribution >= 0.6 is 0 Å². The van der Waals surface area contributed by atoms with Gasteiger partial charge in [0.25, 0.3) is 5.69 Å². The summed E-state index contributed by atoms with van der Waals surface area (Å²) in [7, 11) is 0. The Bertz CT molecular complexity index is 1170. The SMILES string of the molecule is CC1=C(c2nnc(-c3cccc([N+](=O)[O-])c3)o2)C(/C=C/c2ccccc2)NC(=O)N1. The molecule has 1 aliphatic heterocycles. The van der Waals surface area contributed by atoms with Crippen LogP contribution in [0, 0.1) is 10.1 Å². The van der Waals surface area contributed by atoms with Gasteiger partial charge in [0.05, 0.1) is 16.5 Å². The van der Waals surface area contributed by atoms with Crippen LogP contribution in [0.3, 0.4) is 0 Å². The number of hydrogen-bond acceptors (Lipinski definition) is 6. The number of carbonyl (C=O) groups excluding carboxylic acids is 1. The average Bonchev–Trinajstić information content (AvgIpc) is 3.22. The smallest absolute Gasteiger partial charge is 0.319 e. The fourth-order valence-electron chi connectivity index (χ4n) is 3.13. The predicted molar refractivity (Wildman–Crippen MR) is 110 cm³/mol. The van der Waals surface area contributed by atoms with Gasteiger partial charge < -0.3 is 15.1 Å². The zero-order valence-electron chi connectivity index (χ0n) is 15.9. The van der Waals surface area contributed by atoms with E-state index in [1.165, 1.54) is 12.1 Å². The number of amides is 2. The molecule has 1 atom stereocenters. The molecule has 150 valence electrons. The summed E-state index contributed by atoms with van der Waals surface area (Å²) >= 11 is 0. The van der Waals surface area contributed by atoms with Crippen LogP contribution in [0.15, 0.2) is 70.8 Å². The quantitative estimate of drug-likeness (QED) is 0.494. The number of benzene rings is 2. The van der Waals surface area contributed by atoms with Crippen LogP contribution in [0.2, 0.25) is 0 Å². The molecule has 0 radical (unpaired) electrons. The molecular formula is C21H17N5O4. The van der Waals surface area contributed by atoms with Gasteiger partial charge in [0, 0.05) is 23.4 Å². The first kappa shape index (κ1) is 19.1. The minimum absolute atomic E-state index is 0.0714. The Morgan fingerprint density at radius 3 is 2.63 bits per heavy atom. The molecular weight excluding hydrogens is 386 g/mol. The van der Waals surface area contributed by atoms with Gasteiger partial charge >= 0.3 is 6.03 Å². The predicted octanol–water partition coefficient (Wildman–Crippen LogP) is 3.77. The second kappa shape index (κ2) is 8.00. The van der Waals surface area contributed by atoms with Crippen LogP contribution in [-0.4, -0.2) is 27.2 Å². The van der Waals surface area contributed by atoms with E-state index < -0.39 is 11.0 Å². The van der Waals surface area contributed by atoms with E-state index >= 15 is 0 Å². The van der Waals surface area contributed by atoms with Gasteiger partial charge in [0.2, 0.25) is 11.8 Å². The molecule has 0 fully saturated rings. The third-order valence-electron chi connectivity index (χ3n) is 4.54. The number of non-ortho nitro benzene ring substituents is 1. The fourth-order valence-corrected chi connectivity index (χ4v) is 3.13. The number of nitrogens with zero attached hydrogens (tertiary/aromatic N) is 3. The molecule has 30 heavy (non-hydrogen) atoms. The number of urea groups is 1. The minimum atomic E-state index is -0.489. The number of carbonyl (C=O) groups is 1. The van der Waals surface area contributed by atoms with Crippen molar-refractivity contribution in [3.05, 3.63) is 87.9 Å². The summed E-state index contributed by atoms with van der Waals surface area (Å²) in [4.78, 5) is 22.5. The fraction of sp³-hybridized carbons (Fsp3) is 0.0952. The molecule has 0 saturated carbocycles. The van der Waals surface area contributed by atoms with Gasteiger partial charge in [-0.05, 0) is 18.6 Å². The van der Waals surface area contributed by atoms with Crippen molar-refractivity contribution < 1.29 is 14.1 Å². The van der Waals surface area contributed by atoms with Gasteiger partial charge in [-0.25, -0.2) is 4.79 Å². The Balaban J connectivity index is 1.68. The lowest BCUT2D eigenvalue weighted by atomic mass is 10.0. The lowest BCUT2D eigenvalue weighted by Gasteiger charge is -2.24. The Hall–Kier alpha value is -4.27. The number of rotatable bonds is 5. The highest BCUT2D eigenvalue weighted by Crippen LogP contribution is 2.28. The molecule has 1 unspecified atom stereocenters. The summed E-state index contributed by atoms with van der Waals surface area (Å²) in [5.74, 6) is 0.362. The van der Waals surface area contributed by atoms with Crippen molar-refractivity contribution in [2.24, 2.45) is 0 Å². The normalized spacial score (nSPS) is 16.4. The van der Waals surface area contributed by atoms with Gasteiger partial charge in [0.1, 0.15) is 0 Å². The summed E-state index contributed by atoms with van der Waals surface area (Å²) in [6.07, 6.45) is 3.73. The monoisotopic (exact) mass is 403 g/mol. The molecule has 0 saturated heterocycles. The van der Waals surface area contributed by atoms with E-state index in [0.717, 1.165) is 5.56 Å². The van der Waals surface area contributed by atoms with Crippen LogP contribution in [0.25, 0.3) is 23.1 Å². The van der Waals surface area contributed by atoms with Crippen molar-refractivity contribution in [2.75, 3.05) is 0 Å². The van der Waals surface area contributed by atoms with Crippen LogP contribution in [0.5, 0.6) is 0 Å². The topological polar surface area (TPSA) is 123 Å². The second-order valence-corrected chi connectivity index (χ2v) is 6.60. The number of hydrogen-bond donors (Lipinski definition) is 2. The Morgan fingerprint density at radius 1 is 1.10 bits per heavy atom. The van der Waals surface area contributed by atoms with Gasteiger partial charge in [-0.1, -0.05) is 48.6 Å². The number of aromatic nitrogens is 2. The Labute approximate surface area is 171 Å². The third-order valence-corrected chi connectivity index (χ3v) is 4.54. The van der Waals surface area contributed by atoms with E-state index in [-0.39, 0.29) is 23.5 Å². The molecule has 3 aromatic rings. The third kappa shape index (κ3) is 3.95. The van der Waals surface area contributed by atoms with E-state index in [2.05, 4.69) is 20.8 Å². The molecule has 9 nitrogen and oxygen atoms in total. The standard InChI is InChI=1S/C21H17N5O4/c1-13-18(17(23-21(27)22-13)11-10-14-6-3-2-4-7-14)20-25-24-19(30-20)15-8-5-9-16(12-15)26(28)29/h2-12,17H,1H3,(H2,22,23,27)/b11-10+. The first-order valence-corrected chi connectivity index (χ1v) is 9.11. The maximum absolute atomic E-state index is 12.0. The Kier molecular flexibility index (Phi) is 5.08. The van der Waals surface area contributed by atoms with E-state index in [1.807, 2.05) is 42.5 Å². The van der Waals surface area contributed by atoms with Crippen molar-refractivity contribution in [3.8, 4) is 11.5 Å². The summed E-state index contributed by atoms with van der Waals surface area (Å²) in [5.41, 5.74) is 2.54. The molecule has 0 aliphatic carbocycles. The average molecular weight is 403 g/mol. The molecule has 0 spiro atoms. The number of allylic oxidation sites excluding steroid dienone is 1. The molecule has 9 heteroatoms. The van der Waals surface area contributed by atoms with Crippen LogP contribution in [0.4, 0.5) is 10.5 Å². The largest absolute Gasteiger partial charge is 0.416 e.